The zero-order valence-electron chi connectivity index (χ0n) is 21.3. The Labute approximate surface area is 214 Å². The number of methoxy groups -OCH3 is 3. The van der Waals surface area contributed by atoms with Crippen LogP contribution in [-0.2, 0) is 23.9 Å². The molecule has 11 heteroatoms. The van der Waals surface area contributed by atoms with Crippen molar-refractivity contribution in [3.8, 4) is 17.2 Å². The number of hydrogen-bond acceptors (Lipinski definition) is 10. The third-order valence-corrected chi connectivity index (χ3v) is 7.03. The molecule has 2 atom stereocenters. The van der Waals surface area contributed by atoms with Crippen LogP contribution in [0.25, 0.3) is 0 Å². The Kier molecular flexibility index (Phi) is 8.78. The van der Waals surface area contributed by atoms with E-state index < -0.39 is 23.1 Å². The lowest BCUT2D eigenvalue weighted by molar-refractivity contribution is -0.140. The van der Waals surface area contributed by atoms with E-state index in [1.807, 2.05) is 6.92 Å². The van der Waals surface area contributed by atoms with Crippen LogP contribution in [0.4, 0.5) is 0 Å². The van der Waals surface area contributed by atoms with Crippen LogP contribution in [0, 0.1) is 0 Å². The van der Waals surface area contributed by atoms with E-state index in [9.17, 15) is 14.4 Å². The van der Waals surface area contributed by atoms with Crippen molar-refractivity contribution in [2.24, 2.45) is 5.73 Å². The number of amides is 1. The number of hydrogen-bond donors (Lipinski definition) is 1. The molecule has 2 heterocycles. The SMILES string of the molecule is CCCCOC(=O)C1=C(N)N2C(=O)[C@H](C)SC2=C(C(=O)OCC)[C@H]1c1cc(OC)c(OC)c(OC)c1. The summed E-state index contributed by atoms with van der Waals surface area (Å²) < 4.78 is 27.3. The highest BCUT2D eigenvalue weighted by molar-refractivity contribution is 8.04. The second kappa shape index (κ2) is 11.6. The summed E-state index contributed by atoms with van der Waals surface area (Å²) in [6, 6.07) is 3.28. The highest BCUT2D eigenvalue weighted by Gasteiger charge is 2.49. The molecule has 3 rings (SSSR count). The third-order valence-electron chi connectivity index (χ3n) is 5.85. The second-order valence-electron chi connectivity index (χ2n) is 8.05. The van der Waals surface area contributed by atoms with Crippen LogP contribution in [0.15, 0.2) is 34.1 Å². The maximum absolute atomic E-state index is 13.4. The normalized spacial score (nSPS) is 19.3. The zero-order chi connectivity index (χ0) is 26.6. The average molecular weight is 521 g/mol. The molecule has 0 aliphatic carbocycles. The molecule has 0 bridgehead atoms. The van der Waals surface area contributed by atoms with Crippen LogP contribution in [0.1, 0.15) is 45.1 Å². The van der Waals surface area contributed by atoms with E-state index in [2.05, 4.69) is 0 Å². The number of nitrogens with zero attached hydrogens (tertiary/aromatic N) is 1. The van der Waals surface area contributed by atoms with E-state index in [-0.39, 0.29) is 36.1 Å². The second-order valence-corrected chi connectivity index (χ2v) is 9.38. The van der Waals surface area contributed by atoms with Gasteiger partial charge in [0.1, 0.15) is 5.82 Å². The molecule has 0 radical (unpaired) electrons. The number of benzene rings is 1. The van der Waals surface area contributed by atoms with Gasteiger partial charge in [0.15, 0.2) is 11.5 Å². The largest absolute Gasteiger partial charge is 0.493 e. The maximum Gasteiger partial charge on any atom is 0.338 e. The number of esters is 2. The van der Waals surface area contributed by atoms with E-state index in [0.717, 1.165) is 6.42 Å². The highest BCUT2D eigenvalue weighted by atomic mass is 32.2. The minimum absolute atomic E-state index is 0.0322. The van der Waals surface area contributed by atoms with Gasteiger partial charge in [0.2, 0.25) is 11.7 Å². The lowest BCUT2D eigenvalue weighted by Gasteiger charge is -2.33. The standard InChI is InChI=1S/C25H32N2O8S/c1-7-9-10-35-24(29)18-17(14-11-15(31-4)20(33-6)16(12-14)32-5)19(25(30)34-8-2)23-27(21(18)26)22(28)13(3)36-23/h11-13,17H,7-10,26H2,1-6H3/t13-,17-/m0/s1. The van der Waals surface area contributed by atoms with Gasteiger partial charge in [-0.2, -0.15) is 0 Å². The smallest absolute Gasteiger partial charge is 0.338 e. The van der Waals surface area contributed by atoms with Gasteiger partial charge in [0.05, 0.1) is 61.9 Å². The summed E-state index contributed by atoms with van der Waals surface area (Å²) >= 11 is 1.19. The molecular formula is C25H32N2O8S. The van der Waals surface area contributed by atoms with Crippen LogP contribution in [0.5, 0.6) is 17.2 Å². The zero-order valence-corrected chi connectivity index (χ0v) is 22.2. The molecule has 1 amide bonds. The number of nitrogens with two attached hydrogens (primary N) is 1. The van der Waals surface area contributed by atoms with Crippen LogP contribution in [-0.4, -0.2) is 62.5 Å². The molecule has 0 aromatic heterocycles. The quantitative estimate of drug-likeness (QED) is 0.363. The molecule has 1 aromatic carbocycles. The molecule has 1 saturated heterocycles. The van der Waals surface area contributed by atoms with Crippen molar-refractivity contribution in [2.75, 3.05) is 34.5 Å². The van der Waals surface area contributed by atoms with Crippen LogP contribution in [0.3, 0.4) is 0 Å². The molecular weight excluding hydrogens is 488 g/mol. The first kappa shape index (κ1) is 27.3. The topological polar surface area (TPSA) is 127 Å². The van der Waals surface area contributed by atoms with Gasteiger partial charge in [0, 0.05) is 0 Å². The summed E-state index contributed by atoms with van der Waals surface area (Å²) in [5.41, 5.74) is 7.02. The van der Waals surface area contributed by atoms with Crippen LogP contribution >= 0.6 is 11.8 Å². The number of carbonyl (C=O) groups is 3. The number of carbonyl (C=O) groups excluding carboxylic acids is 3. The third kappa shape index (κ3) is 4.84. The Morgan fingerprint density at radius 2 is 1.61 bits per heavy atom. The Morgan fingerprint density at radius 3 is 2.14 bits per heavy atom. The van der Waals surface area contributed by atoms with E-state index >= 15 is 0 Å². The Morgan fingerprint density at radius 1 is 1.00 bits per heavy atom. The molecule has 0 unspecified atom stereocenters. The minimum Gasteiger partial charge on any atom is -0.493 e. The van der Waals surface area contributed by atoms with Gasteiger partial charge in [-0.3, -0.25) is 9.69 Å². The van der Waals surface area contributed by atoms with E-state index in [1.54, 1.807) is 26.0 Å². The first-order valence-corrected chi connectivity index (χ1v) is 12.5. The monoisotopic (exact) mass is 520 g/mol. The van der Waals surface area contributed by atoms with Gasteiger partial charge in [-0.15, -0.1) is 0 Å². The van der Waals surface area contributed by atoms with Gasteiger partial charge < -0.3 is 29.4 Å². The van der Waals surface area contributed by atoms with Gasteiger partial charge >= 0.3 is 11.9 Å². The number of ether oxygens (including phenoxy) is 5. The fourth-order valence-electron chi connectivity index (χ4n) is 4.13. The number of fused-ring (bicyclic) bond motifs is 1. The first-order chi connectivity index (χ1) is 17.2. The molecule has 2 aliphatic rings. The molecule has 2 N–H and O–H groups in total. The number of thioether (sulfide) groups is 1. The van der Waals surface area contributed by atoms with Crippen LogP contribution < -0.4 is 19.9 Å². The summed E-state index contributed by atoms with van der Waals surface area (Å²) in [6.07, 6.45) is 1.46. The van der Waals surface area contributed by atoms with Crippen LogP contribution in [0.2, 0.25) is 0 Å². The molecule has 196 valence electrons. The fraction of sp³-hybridized carbons (Fsp3) is 0.480. The van der Waals surface area contributed by atoms with E-state index in [1.165, 1.54) is 38.0 Å². The molecule has 10 nitrogen and oxygen atoms in total. The van der Waals surface area contributed by atoms with Gasteiger partial charge in [-0.05, 0) is 38.0 Å². The average Bonchev–Trinajstić information content (AvgIpc) is 3.16. The maximum atomic E-state index is 13.4. The van der Waals surface area contributed by atoms with Crippen molar-refractivity contribution in [1.82, 2.24) is 4.90 Å². The minimum atomic E-state index is -1.01. The molecule has 1 fully saturated rings. The Hall–Kier alpha value is -3.34. The van der Waals surface area contributed by atoms with Crippen molar-refractivity contribution in [3.05, 3.63) is 39.7 Å². The number of rotatable bonds is 10. The van der Waals surface area contributed by atoms with Gasteiger partial charge in [0.25, 0.3) is 0 Å². The lowest BCUT2D eigenvalue weighted by atomic mass is 9.82. The summed E-state index contributed by atoms with van der Waals surface area (Å²) in [5, 5.41) is -0.189. The predicted molar refractivity (Wildman–Crippen MR) is 133 cm³/mol. The van der Waals surface area contributed by atoms with Crippen molar-refractivity contribution >= 4 is 29.6 Å². The molecule has 36 heavy (non-hydrogen) atoms. The van der Waals surface area contributed by atoms with Crippen molar-refractivity contribution in [3.63, 3.8) is 0 Å². The van der Waals surface area contributed by atoms with Crippen molar-refractivity contribution in [1.29, 1.82) is 0 Å². The Balaban J connectivity index is 2.33. The first-order valence-electron chi connectivity index (χ1n) is 11.6. The van der Waals surface area contributed by atoms with Crippen molar-refractivity contribution < 1.29 is 38.1 Å². The summed E-state index contributed by atoms with van der Waals surface area (Å²) in [5.74, 6) is -1.84. The predicted octanol–water partition coefficient (Wildman–Crippen LogP) is 3.06. The van der Waals surface area contributed by atoms with Gasteiger partial charge in [-0.1, -0.05) is 25.1 Å². The van der Waals surface area contributed by atoms with E-state index in [4.69, 9.17) is 29.4 Å². The summed E-state index contributed by atoms with van der Waals surface area (Å²) in [4.78, 5) is 41.0. The molecule has 0 saturated carbocycles. The Bertz CT molecular complexity index is 1090. The highest BCUT2D eigenvalue weighted by Crippen LogP contribution is 2.51. The summed E-state index contributed by atoms with van der Waals surface area (Å²) in [7, 11) is 4.40. The summed E-state index contributed by atoms with van der Waals surface area (Å²) in [6.45, 7) is 5.62. The number of unbranched alkanes of at least 4 members (excludes halogenated alkanes) is 1. The van der Waals surface area contributed by atoms with Crippen molar-refractivity contribution in [2.45, 2.75) is 44.8 Å². The fourth-order valence-corrected chi connectivity index (χ4v) is 5.29. The molecule has 1 aromatic rings. The molecule has 2 aliphatic heterocycles. The lowest BCUT2D eigenvalue weighted by Crippen LogP contribution is -2.40. The molecule has 0 spiro atoms. The van der Waals surface area contributed by atoms with E-state index in [0.29, 0.717) is 34.3 Å². The van der Waals surface area contributed by atoms with Gasteiger partial charge in [-0.25, -0.2) is 9.59 Å².